The van der Waals surface area contributed by atoms with Gasteiger partial charge in [0.05, 0.1) is 17.6 Å². The molecule has 86 valence electrons. The van der Waals surface area contributed by atoms with E-state index < -0.39 is 22.9 Å². The van der Waals surface area contributed by atoms with Crippen LogP contribution < -0.4 is 0 Å². The maximum atomic E-state index is 11.2. The number of esters is 1. The van der Waals surface area contributed by atoms with Crippen LogP contribution in [0, 0.1) is 10.1 Å². The van der Waals surface area contributed by atoms with E-state index >= 15 is 0 Å². The van der Waals surface area contributed by atoms with Crippen molar-refractivity contribution in [1.29, 1.82) is 0 Å². The number of non-ortho nitro benzene ring substituents is 1. The highest BCUT2D eigenvalue weighted by atomic mass is 16.6. The number of rotatable bonds is 3. The fourth-order valence-electron chi connectivity index (χ4n) is 1.12. The fraction of sp³-hybridized carbons (Fsp3) is 0.222. The predicted molar refractivity (Wildman–Crippen MR) is 51.6 cm³/mol. The topological polar surface area (TPSA) is 110 Å². The molecule has 0 aromatic heterocycles. The number of carbonyl (C=O) groups excluding carboxylic acids is 1. The van der Waals surface area contributed by atoms with Crippen LogP contribution in [0.3, 0.4) is 0 Å². The molecule has 0 aliphatic carbocycles. The smallest absolute Gasteiger partial charge is 0.338 e. The van der Waals surface area contributed by atoms with E-state index in [1.165, 1.54) is 0 Å². The van der Waals surface area contributed by atoms with E-state index in [9.17, 15) is 14.9 Å². The molecule has 0 spiro atoms. The zero-order chi connectivity index (χ0) is 12.3. The fourth-order valence-corrected chi connectivity index (χ4v) is 1.12. The zero-order valence-electron chi connectivity index (χ0n) is 8.28. The maximum absolute atomic E-state index is 11.2. The molecule has 0 aliphatic rings. The van der Waals surface area contributed by atoms with Gasteiger partial charge < -0.3 is 14.9 Å². The van der Waals surface area contributed by atoms with Crippen molar-refractivity contribution >= 4 is 11.7 Å². The van der Waals surface area contributed by atoms with Crippen molar-refractivity contribution in [2.75, 3.05) is 7.11 Å². The summed E-state index contributed by atoms with van der Waals surface area (Å²) in [4.78, 5) is 20.9. The number of nitro groups is 1. The minimum absolute atomic E-state index is 0.111. The molecule has 0 unspecified atom stereocenters. The number of hydrogen-bond acceptors (Lipinski definition) is 6. The van der Waals surface area contributed by atoms with E-state index in [-0.39, 0.29) is 11.1 Å². The van der Waals surface area contributed by atoms with Crippen molar-refractivity contribution in [1.82, 2.24) is 0 Å². The van der Waals surface area contributed by atoms with E-state index in [0.717, 1.165) is 25.3 Å². The molecule has 0 atom stereocenters. The number of benzene rings is 1. The number of nitrogens with zero attached hydrogens (tertiary/aromatic N) is 1. The van der Waals surface area contributed by atoms with E-state index in [2.05, 4.69) is 4.74 Å². The van der Waals surface area contributed by atoms with Gasteiger partial charge in [-0.05, 0) is 6.07 Å². The Morgan fingerprint density at radius 2 is 2.06 bits per heavy atom. The Hall–Kier alpha value is -1.99. The summed E-state index contributed by atoms with van der Waals surface area (Å²) in [6.45, 7) is 0. The molecule has 0 heterocycles. The molecular formula is C9H9NO6. The van der Waals surface area contributed by atoms with Crippen LogP contribution in [0.4, 0.5) is 5.69 Å². The molecule has 0 saturated heterocycles. The number of carbonyl (C=O) groups is 1. The molecule has 0 saturated carbocycles. The summed E-state index contributed by atoms with van der Waals surface area (Å²) in [6, 6.07) is 3.08. The van der Waals surface area contributed by atoms with Crippen LogP contribution >= 0.6 is 0 Å². The lowest BCUT2D eigenvalue weighted by Crippen LogP contribution is -2.05. The van der Waals surface area contributed by atoms with Crippen molar-refractivity contribution in [3.05, 3.63) is 39.4 Å². The molecule has 0 radical (unpaired) electrons. The molecule has 7 heteroatoms. The molecule has 16 heavy (non-hydrogen) atoms. The van der Waals surface area contributed by atoms with Crippen LogP contribution in [0.2, 0.25) is 0 Å². The van der Waals surface area contributed by atoms with E-state index in [0.29, 0.717) is 0 Å². The number of nitro benzene ring substituents is 1. The Balaban J connectivity index is 3.29. The summed E-state index contributed by atoms with van der Waals surface area (Å²) in [5.74, 6) is -0.786. The van der Waals surface area contributed by atoms with Crippen LogP contribution in [0.5, 0.6) is 0 Å². The monoisotopic (exact) mass is 227 g/mol. The molecule has 2 N–H and O–H groups in total. The molecule has 1 rings (SSSR count). The molecule has 0 aliphatic heterocycles. The first-order chi connectivity index (χ1) is 7.45. The summed E-state index contributed by atoms with van der Waals surface area (Å²) >= 11 is 0. The first-order valence-electron chi connectivity index (χ1n) is 4.19. The predicted octanol–water partition coefficient (Wildman–Crippen LogP) is 0.365. The number of hydrogen-bond donors (Lipinski definition) is 2. The van der Waals surface area contributed by atoms with Gasteiger partial charge in [-0.2, -0.15) is 0 Å². The summed E-state index contributed by atoms with van der Waals surface area (Å²) < 4.78 is 4.38. The molecule has 1 aromatic carbocycles. The van der Waals surface area contributed by atoms with E-state index in [1.807, 2.05) is 0 Å². The highest BCUT2D eigenvalue weighted by molar-refractivity contribution is 5.90. The van der Waals surface area contributed by atoms with Gasteiger partial charge in [0.15, 0.2) is 6.29 Å². The van der Waals surface area contributed by atoms with E-state index in [4.69, 9.17) is 10.2 Å². The largest absolute Gasteiger partial charge is 0.465 e. The zero-order valence-corrected chi connectivity index (χ0v) is 8.28. The number of methoxy groups -OCH3 is 1. The highest BCUT2D eigenvalue weighted by Crippen LogP contribution is 2.21. The average molecular weight is 227 g/mol. The summed E-state index contributed by atoms with van der Waals surface area (Å²) in [7, 11) is 1.12. The van der Waals surface area contributed by atoms with Crippen LogP contribution in [-0.4, -0.2) is 28.2 Å². The highest BCUT2D eigenvalue weighted by Gasteiger charge is 2.17. The van der Waals surface area contributed by atoms with Gasteiger partial charge >= 0.3 is 5.97 Å². The summed E-state index contributed by atoms with van der Waals surface area (Å²) in [6.07, 6.45) is -1.89. The van der Waals surface area contributed by atoms with Crippen LogP contribution in [0.25, 0.3) is 0 Å². The lowest BCUT2D eigenvalue weighted by molar-refractivity contribution is -0.385. The molecular weight excluding hydrogens is 218 g/mol. The van der Waals surface area contributed by atoms with Gasteiger partial charge in [0, 0.05) is 17.7 Å². The van der Waals surface area contributed by atoms with Crippen LogP contribution in [-0.2, 0) is 4.74 Å². The number of ether oxygens (including phenoxy) is 1. The third-order valence-electron chi connectivity index (χ3n) is 1.87. The SMILES string of the molecule is COC(=O)c1cc(C(O)O)cc([N+](=O)[O-])c1. The van der Waals surface area contributed by atoms with Crippen molar-refractivity contribution in [3.63, 3.8) is 0 Å². The van der Waals surface area contributed by atoms with Crippen molar-refractivity contribution < 1.29 is 24.7 Å². The number of aliphatic hydroxyl groups excluding tert-OH is 1. The lowest BCUT2D eigenvalue weighted by Gasteiger charge is -2.06. The lowest BCUT2D eigenvalue weighted by atomic mass is 10.1. The molecule has 0 amide bonds. The second-order valence-corrected chi connectivity index (χ2v) is 2.94. The molecule has 7 nitrogen and oxygen atoms in total. The first kappa shape index (κ1) is 12.1. The van der Waals surface area contributed by atoms with E-state index in [1.54, 1.807) is 0 Å². The van der Waals surface area contributed by atoms with Crippen molar-refractivity contribution in [2.24, 2.45) is 0 Å². The Kier molecular flexibility index (Phi) is 3.54. The van der Waals surface area contributed by atoms with Crippen molar-refractivity contribution in [2.45, 2.75) is 6.29 Å². The van der Waals surface area contributed by atoms with Gasteiger partial charge in [-0.3, -0.25) is 10.1 Å². The summed E-state index contributed by atoms with van der Waals surface area (Å²) in [5, 5.41) is 28.3. The quantitative estimate of drug-likeness (QED) is 0.334. The van der Waals surface area contributed by atoms with Gasteiger partial charge in [0.2, 0.25) is 0 Å². The second-order valence-electron chi connectivity index (χ2n) is 2.94. The van der Waals surface area contributed by atoms with Crippen LogP contribution in [0.15, 0.2) is 18.2 Å². The Labute approximate surface area is 90.0 Å². The van der Waals surface area contributed by atoms with Crippen molar-refractivity contribution in [3.8, 4) is 0 Å². The third kappa shape index (κ3) is 2.53. The molecule has 0 fully saturated rings. The van der Waals surface area contributed by atoms with Gasteiger partial charge in [-0.1, -0.05) is 0 Å². The summed E-state index contributed by atoms with van der Waals surface area (Å²) in [5.41, 5.74) is -0.666. The van der Waals surface area contributed by atoms with Gasteiger partial charge in [-0.15, -0.1) is 0 Å². The Morgan fingerprint density at radius 1 is 1.44 bits per heavy atom. The van der Waals surface area contributed by atoms with Crippen LogP contribution in [0.1, 0.15) is 22.2 Å². The number of aliphatic hydroxyl groups is 2. The Bertz CT molecular complexity index is 428. The normalized spacial score (nSPS) is 10.2. The molecule has 1 aromatic rings. The second kappa shape index (κ2) is 4.69. The standard InChI is InChI=1S/C9H9NO6/c1-16-9(13)6-2-5(8(11)12)3-7(4-6)10(14)15/h2-4,8,11-12H,1H3. The minimum atomic E-state index is -1.89. The average Bonchev–Trinajstić information content (AvgIpc) is 2.27. The minimum Gasteiger partial charge on any atom is -0.465 e. The first-order valence-corrected chi connectivity index (χ1v) is 4.19. The third-order valence-corrected chi connectivity index (χ3v) is 1.87. The molecule has 0 bridgehead atoms. The Morgan fingerprint density at radius 3 is 2.50 bits per heavy atom. The van der Waals surface area contributed by atoms with Gasteiger partial charge in [-0.25, -0.2) is 4.79 Å². The van der Waals surface area contributed by atoms with Gasteiger partial charge in [0.25, 0.3) is 5.69 Å². The maximum Gasteiger partial charge on any atom is 0.338 e. The van der Waals surface area contributed by atoms with Gasteiger partial charge in [0.1, 0.15) is 0 Å².